The predicted octanol–water partition coefficient (Wildman–Crippen LogP) is 3.27. The minimum atomic E-state index is -1.00. The van der Waals surface area contributed by atoms with Crippen LogP contribution in [-0.4, -0.2) is 38.8 Å². The van der Waals surface area contributed by atoms with Crippen molar-refractivity contribution >= 4 is 29.1 Å². The number of rotatable bonds is 9. The number of nitrogens with zero attached hydrogens (tertiary/aromatic N) is 2. The number of hydrogen-bond donors (Lipinski definition) is 3. The molecule has 0 spiro atoms. The molecule has 30 heavy (non-hydrogen) atoms. The average molecular weight is 408 g/mol. The molecule has 2 amide bonds. The van der Waals surface area contributed by atoms with Gasteiger partial charge in [0.2, 0.25) is 5.91 Å². The highest BCUT2D eigenvalue weighted by Crippen LogP contribution is 2.12. The fourth-order valence-electron chi connectivity index (χ4n) is 3.18. The first kappa shape index (κ1) is 21.0. The van der Waals surface area contributed by atoms with Gasteiger partial charge < -0.3 is 15.7 Å². The van der Waals surface area contributed by atoms with Gasteiger partial charge in [-0.25, -0.2) is 9.78 Å². The molecule has 0 radical (unpaired) electrons. The standard InChI is InChI=1S/C22H24N4O4/c1-15-20(26-14-6-4-7-18(26)24-15)21(28)23-13-5-2-3-8-19(27)25-17-11-9-16(10-12-17)22(29)30/h4,6-7,9-12,14H,2-3,5,8,13H2,1H3,(H,23,28)(H,25,27)(H,29,30). The highest BCUT2D eigenvalue weighted by molar-refractivity contribution is 5.94. The van der Waals surface area contributed by atoms with Crippen LogP contribution in [0.15, 0.2) is 48.7 Å². The highest BCUT2D eigenvalue weighted by atomic mass is 16.4. The first-order chi connectivity index (χ1) is 14.5. The van der Waals surface area contributed by atoms with Crippen LogP contribution in [0.25, 0.3) is 5.65 Å². The van der Waals surface area contributed by atoms with E-state index in [-0.39, 0.29) is 17.4 Å². The lowest BCUT2D eigenvalue weighted by molar-refractivity contribution is -0.116. The summed E-state index contributed by atoms with van der Waals surface area (Å²) in [4.78, 5) is 39.7. The van der Waals surface area contributed by atoms with Crippen molar-refractivity contribution in [3.63, 3.8) is 0 Å². The Morgan fingerprint density at radius 2 is 1.80 bits per heavy atom. The van der Waals surface area contributed by atoms with Gasteiger partial charge in [-0.3, -0.25) is 14.0 Å². The average Bonchev–Trinajstić information content (AvgIpc) is 3.06. The molecule has 0 aliphatic rings. The molecule has 0 saturated carbocycles. The number of anilines is 1. The zero-order valence-electron chi connectivity index (χ0n) is 16.7. The second kappa shape index (κ2) is 9.69. The minimum Gasteiger partial charge on any atom is -0.478 e. The van der Waals surface area contributed by atoms with Crippen molar-refractivity contribution in [1.29, 1.82) is 0 Å². The normalized spacial score (nSPS) is 10.7. The molecule has 2 aromatic heterocycles. The van der Waals surface area contributed by atoms with E-state index in [2.05, 4.69) is 15.6 Å². The van der Waals surface area contributed by atoms with Crippen LogP contribution in [-0.2, 0) is 4.79 Å². The maximum absolute atomic E-state index is 12.5. The molecular weight excluding hydrogens is 384 g/mol. The van der Waals surface area contributed by atoms with E-state index >= 15 is 0 Å². The summed E-state index contributed by atoms with van der Waals surface area (Å²) in [5.74, 6) is -1.28. The lowest BCUT2D eigenvalue weighted by Crippen LogP contribution is -2.26. The van der Waals surface area contributed by atoms with Crippen molar-refractivity contribution in [3.8, 4) is 0 Å². The van der Waals surface area contributed by atoms with Crippen LogP contribution in [0.1, 0.15) is 52.2 Å². The topological polar surface area (TPSA) is 113 Å². The predicted molar refractivity (Wildman–Crippen MR) is 113 cm³/mol. The van der Waals surface area contributed by atoms with Crippen molar-refractivity contribution in [2.24, 2.45) is 0 Å². The Balaban J connectivity index is 1.36. The quantitative estimate of drug-likeness (QED) is 0.470. The van der Waals surface area contributed by atoms with Crippen molar-refractivity contribution < 1.29 is 19.5 Å². The van der Waals surface area contributed by atoms with E-state index in [0.717, 1.165) is 18.5 Å². The molecule has 8 nitrogen and oxygen atoms in total. The molecule has 3 rings (SSSR count). The van der Waals surface area contributed by atoms with Crippen LogP contribution in [0.4, 0.5) is 5.69 Å². The first-order valence-electron chi connectivity index (χ1n) is 9.81. The first-order valence-corrected chi connectivity index (χ1v) is 9.81. The third-order valence-electron chi connectivity index (χ3n) is 4.70. The molecule has 1 aromatic carbocycles. The third-order valence-corrected chi connectivity index (χ3v) is 4.70. The molecule has 156 valence electrons. The second-order valence-corrected chi connectivity index (χ2v) is 6.97. The molecule has 0 unspecified atom stereocenters. The van der Waals surface area contributed by atoms with Crippen LogP contribution >= 0.6 is 0 Å². The number of aryl methyl sites for hydroxylation is 1. The van der Waals surface area contributed by atoms with E-state index < -0.39 is 5.97 Å². The van der Waals surface area contributed by atoms with Gasteiger partial charge >= 0.3 is 5.97 Å². The SMILES string of the molecule is Cc1nc2ccccn2c1C(=O)NCCCCCC(=O)Nc1ccc(C(=O)O)cc1. The van der Waals surface area contributed by atoms with Crippen molar-refractivity contribution in [1.82, 2.24) is 14.7 Å². The van der Waals surface area contributed by atoms with Gasteiger partial charge in [-0.2, -0.15) is 0 Å². The largest absolute Gasteiger partial charge is 0.478 e. The molecule has 2 heterocycles. The summed E-state index contributed by atoms with van der Waals surface area (Å²) in [6, 6.07) is 11.6. The number of aromatic carboxylic acids is 1. The molecule has 0 saturated heterocycles. The van der Waals surface area contributed by atoms with E-state index in [1.807, 2.05) is 31.3 Å². The number of imidazole rings is 1. The van der Waals surface area contributed by atoms with Crippen molar-refractivity contribution in [3.05, 3.63) is 65.6 Å². The van der Waals surface area contributed by atoms with Crippen LogP contribution in [0, 0.1) is 6.92 Å². The number of pyridine rings is 1. The van der Waals surface area contributed by atoms with Crippen molar-refractivity contribution in [2.75, 3.05) is 11.9 Å². The Hall–Kier alpha value is -3.68. The number of unbranched alkanes of at least 4 members (excludes halogenated alkanes) is 2. The fraction of sp³-hybridized carbons (Fsp3) is 0.273. The Labute approximate surface area is 173 Å². The number of aromatic nitrogens is 2. The van der Waals surface area contributed by atoms with Crippen LogP contribution < -0.4 is 10.6 Å². The monoisotopic (exact) mass is 408 g/mol. The summed E-state index contributed by atoms with van der Waals surface area (Å²) in [5, 5.41) is 14.5. The number of carbonyl (C=O) groups is 3. The van der Waals surface area contributed by atoms with E-state index in [0.29, 0.717) is 36.5 Å². The number of benzene rings is 1. The number of carbonyl (C=O) groups excluding carboxylic acids is 2. The maximum atomic E-state index is 12.5. The number of amides is 2. The summed E-state index contributed by atoms with van der Waals surface area (Å²) in [6.45, 7) is 2.34. The van der Waals surface area contributed by atoms with Gasteiger partial charge in [-0.15, -0.1) is 0 Å². The number of carboxylic acids is 1. The summed E-state index contributed by atoms with van der Waals surface area (Å²) >= 11 is 0. The zero-order chi connectivity index (χ0) is 21.5. The van der Waals surface area contributed by atoms with Gasteiger partial charge in [0.25, 0.3) is 5.91 Å². The number of nitrogens with one attached hydrogen (secondary N) is 2. The molecule has 0 aliphatic heterocycles. The molecular formula is C22H24N4O4. The van der Waals surface area contributed by atoms with Gasteiger partial charge in [0, 0.05) is 24.8 Å². The molecule has 0 aliphatic carbocycles. The number of hydrogen-bond acceptors (Lipinski definition) is 4. The van der Waals surface area contributed by atoms with Crippen LogP contribution in [0.5, 0.6) is 0 Å². The smallest absolute Gasteiger partial charge is 0.335 e. The number of fused-ring (bicyclic) bond motifs is 1. The van der Waals surface area contributed by atoms with Crippen LogP contribution in [0.3, 0.4) is 0 Å². The van der Waals surface area contributed by atoms with Crippen LogP contribution in [0.2, 0.25) is 0 Å². The summed E-state index contributed by atoms with van der Waals surface area (Å²) in [6.07, 6.45) is 4.45. The summed E-state index contributed by atoms with van der Waals surface area (Å²) < 4.78 is 1.78. The maximum Gasteiger partial charge on any atom is 0.335 e. The van der Waals surface area contributed by atoms with E-state index in [1.165, 1.54) is 12.1 Å². The summed E-state index contributed by atoms with van der Waals surface area (Å²) in [5.41, 5.74) is 2.71. The fourth-order valence-corrected chi connectivity index (χ4v) is 3.18. The Morgan fingerprint density at radius 1 is 1.03 bits per heavy atom. The van der Waals surface area contributed by atoms with E-state index in [9.17, 15) is 14.4 Å². The number of carboxylic acid groups (broad SMARTS) is 1. The van der Waals surface area contributed by atoms with Gasteiger partial charge in [0.05, 0.1) is 11.3 Å². The van der Waals surface area contributed by atoms with Gasteiger partial charge in [0.15, 0.2) is 0 Å². The Bertz CT molecular complexity index is 1060. The summed E-state index contributed by atoms with van der Waals surface area (Å²) in [7, 11) is 0. The van der Waals surface area contributed by atoms with E-state index in [4.69, 9.17) is 5.11 Å². The zero-order valence-corrected chi connectivity index (χ0v) is 16.7. The minimum absolute atomic E-state index is 0.122. The second-order valence-electron chi connectivity index (χ2n) is 6.97. The Morgan fingerprint density at radius 3 is 2.53 bits per heavy atom. The van der Waals surface area contributed by atoms with Gasteiger partial charge in [-0.05, 0) is 56.2 Å². The molecule has 3 N–H and O–H groups in total. The molecule has 8 heteroatoms. The lowest BCUT2D eigenvalue weighted by atomic mass is 10.1. The third kappa shape index (κ3) is 5.22. The van der Waals surface area contributed by atoms with Gasteiger partial charge in [-0.1, -0.05) is 12.5 Å². The van der Waals surface area contributed by atoms with E-state index in [1.54, 1.807) is 16.5 Å². The lowest BCUT2D eigenvalue weighted by Gasteiger charge is -2.07. The van der Waals surface area contributed by atoms with Gasteiger partial charge in [0.1, 0.15) is 11.3 Å². The van der Waals surface area contributed by atoms with Crippen molar-refractivity contribution in [2.45, 2.75) is 32.6 Å². The Kier molecular flexibility index (Phi) is 6.79. The molecule has 0 fully saturated rings. The molecule has 0 bridgehead atoms. The highest BCUT2D eigenvalue weighted by Gasteiger charge is 2.15. The molecule has 0 atom stereocenters. The molecule has 3 aromatic rings.